The molecule has 0 atom stereocenters. The van der Waals surface area contributed by atoms with Gasteiger partial charge in [0.1, 0.15) is 0 Å². The molecule has 0 aliphatic heterocycles. The molecule has 0 bridgehead atoms. The maximum Gasteiger partial charge on any atom is 0.0970 e. The molecule has 4 heterocycles. The van der Waals surface area contributed by atoms with Crippen molar-refractivity contribution in [3.8, 4) is 44.8 Å². The fraction of sp³-hybridized carbons (Fsp3) is 0. The highest BCUT2D eigenvalue weighted by Crippen LogP contribution is 2.36. The van der Waals surface area contributed by atoms with E-state index >= 15 is 0 Å². The van der Waals surface area contributed by atoms with Gasteiger partial charge in [-0.05, 0) is 86.3 Å². The van der Waals surface area contributed by atoms with Crippen LogP contribution in [-0.4, -0.2) is 19.9 Å². The summed E-state index contributed by atoms with van der Waals surface area (Å²) in [6, 6.07) is 60.2. The molecule has 0 fully saturated rings. The van der Waals surface area contributed by atoms with Gasteiger partial charge < -0.3 is 0 Å². The average Bonchev–Trinajstić information content (AvgIpc) is 3.25. The number of aromatic nitrogens is 4. The first-order valence-electron chi connectivity index (χ1n) is 18.2. The minimum atomic E-state index is 0.919. The van der Waals surface area contributed by atoms with E-state index in [4.69, 9.17) is 15.0 Å². The SMILES string of the molecule is c1ccc2c(c1)cc(-c1ccc3ccc(-c4ccc5ccc(-c6ccc(-c7ccnc8c7ccc7cccnc78)cc6)nc5c4)cc3n1)c1ccccc12. The number of fused-ring (bicyclic) bond motifs is 8. The van der Waals surface area contributed by atoms with Crippen molar-refractivity contribution in [2.45, 2.75) is 0 Å². The lowest BCUT2D eigenvalue weighted by molar-refractivity contribution is 1.37. The highest BCUT2D eigenvalue weighted by molar-refractivity contribution is 6.14. The first-order valence-corrected chi connectivity index (χ1v) is 18.2. The summed E-state index contributed by atoms with van der Waals surface area (Å²) >= 11 is 0. The molecule has 4 aromatic heterocycles. The molecule has 4 nitrogen and oxygen atoms in total. The van der Waals surface area contributed by atoms with Crippen LogP contribution in [0.25, 0.3) is 110 Å². The fourth-order valence-electron chi connectivity index (χ4n) is 8.00. The van der Waals surface area contributed by atoms with Gasteiger partial charge in [0.25, 0.3) is 0 Å². The number of pyridine rings is 4. The molecule has 0 saturated carbocycles. The van der Waals surface area contributed by atoms with Gasteiger partial charge in [-0.3, -0.25) is 9.97 Å². The van der Waals surface area contributed by atoms with Crippen molar-refractivity contribution >= 4 is 65.2 Å². The molecule has 0 saturated heterocycles. The van der Waals surface area contributed by atoms with E-state index in [0.717, 1.165) is 88.4 Å². The second-order valence-corrected chi connectivity index (χ2v) is 13.9. The lowest BCUT2D eigenvalue weighted by Gasteiger charge is -2.12. The van der Waals surface area contributed by atoms with E-state index in [9.17, 15) is 0 Å². The third-order valence-corrected chi connectivity index (χ3v) is 10.7. The molecular formula is C50H30N4. The number of hydrogen-bond acceptors (Lipinski definition) is 4. The topological polar surface area (TPSA) is 51.6 Å². The van der Waals surface area contributed by atoms with E-state index in [1.807, 2.05) is 18.5 Å². The van der Waals surface area contributed by atoms with Crippen molar-refractivity contribution in [2.75, 3.05) is 0 Å². The van der Waals surface area contributed by atoms with Gasteiger partial charge in [0.2, 0.25) is 0 Å². The van der Waals surface area contributed by atoms with Crippen LogP contribution in [0.4, 0.5) is 0 Å². The molecular weight excluding hydrogens is 657 g/mol. The molecule has 11 rings (SSSR count). The normalized spacial score (nSPS) is 11.7. The third kappa shape index (κ3) is 5.00. The van der Waals surface area contributed by atoms with Crippen LogP contribution in [0.1, 0.15) is 0 Å². The average molecular weight is 687 g/mol. The van der Waals surface area contributed by atoms with Gasteiger partial charge in [0.15, 0.2) is 0 Å². The standard InChI is InChI=1S/C50H30N4/c1-2-8-39-38(6-1)28-44(42-10-4-3-9-41(39)42)46-24-21-34-16-18-37(30-48(34)54-46)36-17-15-33-20-23-45(53-47(33)29-36)32-13-11-31(12-14-32)40-25-27-52-50-43(40)22-19-35-7-5-26-51-49(35)50/h1-30H. The summed E-state index contributed by atoms with van der Waals surface area (Å²) in [6.45, 7) is 0. The Morgan fingerprint density at radius 1 is 0.296 bits per heavy atom. The summed E-state index contributed by atoms with van der Waals surface area (Å²) in [4.78, 5) is 19.7. The van der Waals surface area contributed by atoms with Gasteiger partial charge >= 0.3 is 0 Å². The third-order valence-electron chi connectivity index (χ3n) is 10.7. The lowest BCUT2D eigenvalue weighted by atomic mass is 9.95. The molecule has 0 aliphatic rings. The van der Waals surface area contributed by atoms with Gasteiger partial charge in [0.05, 0.1) is 33.5 Å². The predicted molar refractivity (Wildman–Crippen MR) is 224 cm³/mol. The van der Waals surface area contributed by atoms with Crippen LogP contribution in [0.15, 0.2) is 182 Å². The smallest absolute Gasteiger partial charge is 0.0970 e. The van der Waals surface area contributed by atoms with Crippen LogP contribution in [0.5, 0.6) is 0 Å². The number of benzene rings is 7. The molecule has 54 heavy (non-hydrogen) atoms. The van der Waals surface area contributed by atoms with E-state index in [2.05, 4.69) is 169 Å². The second-order valence-electron chi connectivity index (χ2n) is 13.9. The quantitative estimate of drug-likeness (QED) is 0.173. The van der Waals surface area contributed by atoms with Gasteiger partial charge in [0, 0.05) is 45.1 Å². The van der Waals surface area contributed by atoms with Gasteiger partial charge in [-0.2, -0.15) is 0 Å². The fourth-order valence-corrected chi connectivity index (χ4v) is 8.00. The first kappa shape index (κ1) is 30.3. The van der Waals surface area contributed by atoms with Gasteiger partial charge in [-0.15, -0.1) is 0 Å². The van der Waals surface area contributed by atoms with E-state index in [1.54, 1.807) is 0 Å². The Bertz CT molecular complexity index is 3280. The van der Waals surface area contributed by atoms with E-state index in [1.165, 1.54) is 21.5 Å². The minimum absolute atomic E-state index is 0.919. The minimum Gasteiger partial charge on any atom is -0.254 e. The zero-order chi connectivity index (χ0) is 35.6. The number of rotatable bonds is 4. The molecule has 0 aliphatic carbocycles. The zero-order valence-electron chi connectivity index (χ0n) is 29.1. The highest BCUT2D eigenvalue weighted by atomic mass is 14.7. The van der Waals surface area contributed by atoms with Crippen molar-refractivity contribution in [3.05, 3.63) is 182 Å². The molecule has 4 heteroatoms. The Hall–Kier alpha value is -7.30. The first-order chi connectivity index (χ1) is 26.7. The van der Waals surface area contributed by atoms with E-state index in [0.29, 0.717) is 0 Å². The van der Waals surface area contributed by atoms with E-state index in [-0.39, 0.29) is 0 Å². The van der Waals surface area contributed by atoms with Crippen LogP contribution in [-0.2, 0) is 0 Å². The Morgan fingerprint density at radius 2 is 0.889 bits per heavy atom. The van der Waals surface area contributed by atoms with Crippen LogP contribution < -0.4 is 0 Å². The summed E-state index contributed by atoms with van der Waals surface area (Å²) in [7, 11) is 0. The summed E-state index contributed by atoms with van der Waals surface area (Å²) in [6.07, 6.45) is 3.70. The monoisotopic (exact) mass is 686 g/mol. The van der Waals surface area contributed by atoms with Crippen LogP contribution in [0.3, 0.4) is 0 Å². The van der Waals surface area contributed by atoms with Crippen molar-refractivity contribution in [2.24, 2.45) is 0 Å². The molecule has 7 aromatic carbocycles. The second kappa shape index (κ2) is 12.1. The van der Waals surface area contributed by atoms with E-state index < -0.39 is 0 Å². The number of nitrogens with zero attached hydrogens (tertiary/aromatic N) is 4. The molecule has 11 aromatic rings. The van der Waals surface area contributed by atoms with Crippen LogP contribution >= 0.6 is 0 Å². The molecule has 0 spiro atoms. The summed E-state index contributed by atoms with van der Waals surface area (Å²) < 4.78 is 0. The highest BCUT2D eigenvalue weighted by Gasteiger charge is 2.13. The van der Waals surface area contributed by atoms with Crippen LogP contribution in [0.2, 0.25) is 0 Å². The van der Waals surface area contributed by atoms with Gasteiger partial charge in [-0.25, -0.2) is 9.97 Å². The Balaban J connectivity index is 0.939. The summed E-state index contributed by atoms with van der Waals surface area (Å²) in [5.74, 6) is 0. The molecule has 0 amide bonds. The van der Waals surface area contributed by atoms with Crippen molar-refractivity contribution in [3.63, 3.8) is 0 Å². The predicted octanol–water partition coefficient (Wildman–Crippen LogP) is 12.9. The number of hydrogen-bond donors (Lipinski definition) is 0. The maximum atomic E-state index is 5.24. The van der Waals surface area contributed by atoms with Crippen molar-refractivity contribution < 1.29 is 0 Å². The summed E-state index contributed by atoms with van der Waals surface area (Å²) in [5.41, 5.74) is 12.4. The van der Waals surface area contributed by atoms with Crippen molar-refractivity contribution in [1.82, 2.24) is 19.9 Å². The lowest BCUT2D eigenvalue weighted by Crippen LogP contribution is -1.90. The molecule has 0 radical (unpaired) electrons. The van der Waals surface area contributed by atoms with Crippen LogP contribution in [0, 0.1) is 0 Å². The molecule has 250 valence electrons. The largest absolute Gasteiger partial charge is 0.254 e. The Morgan fingerprint density at radius 3 is 1.69 bits per heavy atom. The Kier molecular flexibility index (Phi) is 6.82. The summed E-state index contributed by atoms with van der Waals surface area (Å²) in [5, 5.41) is 9.33. The zero-order valence-corrected chi connectivity index (χ0v) is 29.1. The van der Waals surface area contributed by atoms with Gasteiger partial charge in [-0.1, -0.05) is 127 Å². The van der Waals surface area contributed by atoms with Crippen molar-refractivity contribution in [1.29, 1.82) is 0 Å². The maximum absolute atomic E-state index is 5.24. The molecule has 0 N–H and O–H groups in total. The Labute approximate surface area is 311 Å². The molecule has 0 unspecified atom stereocenters.